The van der Waals surface area contributed by atoms with Crippen LogP contribution < -0.4 is 5.32 Å². The van der Waals surface area contributed by atoms with Crippen LogP contribution >= 0.6 is 11.8 Å². The molecule has 1 amide bonds. The Bertz CT molecular complexity index is 1400. The molecule has 9 nitrogen and oxygen atoms in total. The quantitative estimate of drug-likeness (QED) is 0.113. The molecule has 1 N–H and O–H groups in total. The molecule has 0 unspecified atom stereocenters. The van der Waals surface area contributed by atoms with Gasteiger partial charge in [-0.1, -0.05) is 60.3 Å². The van der Waals surface area contributed by atoms with Gasteiger partial charge in [-0.3, -0.25) is 24.4 Å². The Hall–Kier alpha value is -4.02. The second-order valence-electron chi connectivity index (χ2n) is 9.84. The predicted molar refractivity (Wildman–Crippen MR) is 156 cm³/mol. The standard InChI is InChI=1S/C30H32N6O3S/c37-28(31-25-17-19-34(20-18-25)22-23-8-3-1-4-9-23)12-7-21-40-30-33-32-29(35(30)26-10-5-2-6-11-26)24-13-15-27(16-14-24)36(38)39/h1-6,8-11,13-16,25H,7,12,17-22H2,(H,31,37). The van der Waals surface area contributed by atoms with Gasteiger partial charge in [-0.25, -0.2) is 0 Å². The van der Waals surface area contributed by atoms with Crippen molar-refractivity contribution in [1.29, 1.82) is 0 Å². The molecule has 0 spiro atoms. The second kappa shape index (κ2) is 13.4. The van der Waals surface area contributed by atoms with Gasteiger partial charge < -0.3 is 5.32 Å². The molecule has 0 aliphatic carbocycles. The van der Waals surface area contributed by atoms with Gasteiger partial charge in [-0.05, 0) is 49.1 Å². The molecule has 0 radical (unpaired) electrons. The van der Waals surface area contributed by atoms with Gasteiger partial charge in [-0.2, -0.15) is 0 Å². The van der Waals surface area contributed by atoms with Crippen molar-refractivity contribution in [2.24, 2.45) is 0 Å². The average molecular weight is 557 g/mol. The molecule has 1 aliphatic rings. The normalized spacial score (nSPS) is 14.2. The fourth-order valence-electron chi connectivity index (χ4n) is 4.87. The number of nitro benzene ring substituents is 1. The molecule has 0 bridgehead atoms. The maximum absolute atomic E-state index is 12.6. The molecule has 1 saturated heterocycles. The summed E-state index contributed by atoms with van der Waals surface area (Å²) in [6, 6.07) is 26.8. The summed E-state index contributed by atoms with van der Waals surface area (Å²) in [5.74, 6) is 1.42. The van der Waals surface area contributed by atoms with Crippen LogP contribution in [0, 0.1) is 10.1 Å². The number of aromatic nitrogens is 3. The minimum absolute atomic E-state index is 0.0279. The largest absolute Gasteiger partial charge is 0.353 e. The molecule has 1 aromatic heterocycles. The highest BCUT2D eigenvalue weighted by atomic mass is 32.2. The van der Waals surface area contributed by atoms with Gasteiger partial charge in [-0.15, -0.1) is 10.2 Å². The Kier molecular flexibility index (Phi) is 9.20. The first-order chi connectivity index (χ1) is 19.6. The van der Waals surface area contributed by atoms with Crippen LogP contribution in [-0.4, -0.2) is 55.4 Å². The molecular weight excluding hydrogens is 524 g/mol. The topological polar surface area (TPSA) is 106 Å². The van der Waals surface area contributed by atoms with Gasteiger partial charge >= 0.3 is 0 Å². The fraction of sp³-hybridized carbons (Fsp3) is 0.300. The predicted octanol–water partition coefficient (Wildman–Crippen LogP) is 5.50. The van der Waals surface area contributed by atoms with Crippen molar-refractivity contribution < 1.29 is 9.72 Å². The van der Waals surface area contributed by atoms with E-state index in [1.54, 1.807) is 23.9 Å². The summed E-state index contributed by atoms with van der Waals surface area (Å²) in [6.45, 7) is 2.93. The number of amides is 1. The van der Waals surface area contributed by atoms with Crippen molar-refractivity contribution in [2.75, 3.05) is 18.8 Å². The number of nitro groups is 1. The number of carbonyl (C=O) groups excluding carboxylic acids is 1. The van der Waals surface area contributed by atoms with Crippen LogP contribution in [0.15, 0.2) is 90.1 Å². The number of likely N-dealkylation sites (tertiary alicyclic amines) is 1. The highest BCUT2D eigenvalue weighted by molar-refractivity contribution is 7.99. The molecule has 2 heterocycles. The van der Waals surface area contributed by atoms with Crippen LogP contribution in [-0.2, 0) is 11.3 Å². The van der Waals surface area contributed by atoms with E-state index in [1.165, 1.54) is 17.7 Å². The summed E-state index contributed by atoms with van der Waals surface area (Å²) >= 11 is 1.55. The molecule has 10 heteroatoms. The lowest BCUT2D eigenvalue weighted by Gasteiger charge is -2.32. The first-order valence-corrected chi connectivity index (χ1v) is 14.5. The zero-order chi connectivity index (χ0) is 27.7. The number of carbonyl (C=O) groups is 1. The van der Waals surface area contributed by atoms with Crippen molar-refractivity contribution >= 4 is 23.4 Å². The lowest BCUT2D eigenvalue weighted by molar-refractivity contribution is -0.384. The van der Waals surface area contributed by atoms with E-state index in [-0.39, 0.29) is 17.6 Å². The Balaban J connectivity index is 1.12. The Labute approximate surface area is 237 Å². The van der Waals surface area contributed by atoms with Gasteiger partial charge in [0.15, 0.2) is 11.0 Å². The summed E-state index contributed by atoms with van der Waals surface area (Å²) in [5, 5.41) is 23.8. The van der Waals surface area contributed by atoms with E-state index in [0.717, 1.165) is 50.1 Å². The van der Waals surface area contributed by atoms with E-state index in [4.69, 9.17) is 0 Å². The molecule has 1 fully saturated rings. The fourth-order valence-corrected chi connectivity index (χ4v) is 5.76. The molecule has 0 saturated carbocycles. The molecular formula is C30H32N6O3S. The zero-order valence-electron chi connectivity index (χ0n) is 22.2. The highest BCUT2D eigenvalue weighted by Crippen LogP contribution is 2.29. The van der Waals surface area contributed by atoms with Crippen LogP contribution in [0.1, 0.15) is 31.2 Å². The number of rotatable bonds is 11. The Morgan fingerprint density at radius 3 is 2.30 bits per heavy atom. The Morgan fingerprint density at radius 1 is 0.950 bits per heavy atom. The van der Waals surface area contributed by atoms with E-state index < -0.39 is 4.92 Å². The van der Waals surface area contributed by atoms with Crippen molar-refractivity contribution in [3.8, 4) is 17.1 Å². The van der Waals surface area contributed by atoms with Gasteiger partial charge in [0, 0.05) is 61.2 Å². The van der Waals surface area contributed by atoms with E-state index in [9.17, 15) is 14.9 Å². The van der Waals surface area contributed by atoms with Crippen LogP contribution in [0.25, 0.3) is 17.1 Å². The number of piperidine rings is 1. The number of non-ortho nitro benzene ring substituents is 1. The van der Waals surface area contributed by atoms with Crippen molar-refractivity contribution in [3.63, 3.8) is 0 Å². The minimum atomic E-state index is -0.419. The smallest absolute Gasteiger partial charge is 0.269 e. The second-order valence-corrected chi connectivity index (χ2v) is 10.9. The van der Waals surface area contributed by atoms with Crippen molar-refractivity contribution in [3.05, 3.63) is 101 Å². The third-order valence-electron chi connectivity index (χ3n) is 6.97. The number of thioether (sulfide) groups is 1. The third kappa shape index (κ3) is 7.13. The maximum Gasteiger partial charge on any atom is 0.269 e. The van der Waals surface area contributed by atoms with Gasteiger partial charge in [0.25, 0.3) is 5.69 Å². The third-order valence-corrected chi connectivity index (χ3v) is 7.98. The summed E-state index contributed by atoms with van der Waals surface area (Å²) in [6.07, 6.45) is 3.13. The van der Waals surface area contributed by atoms with E-state index in [1.807, 2.05) is 41.0 Å². The van der Waals surface area contributed by atoms with Gasteiger partial charge in [0.05, 0.1) is 4.92 Å². The summed E-state index contributed by atoms with van der Waals surface area (Å²) < 4.78 is 1.95. The van der Waals surface area contributed by atoms with E-state index in [0.29, 0.717) is 23.2 Å². The molecule has 4 aromatic rings. The first-order valence-electron chi connectivity index (χ1n) is 13.5. The maximum atomic E-state index is 12.6. The lowest BCUT2D eigenvalue weighted by Crippen LogP contribution is -2.44. The van der Waals surface area contributed by atoms with Gasteiger partial charge in [0.2, 0.25) is 5.91 Å². The number of benzene rings is 3. The summed E-state index contributed by atoms with van der Waals surface area (Å²) in [7, 11) is 0. The molecule has 0 atom stereocenters. The van der Waals surface area contributed by atoms with Crippen LogP contribution in [0.4, 0.5) is 5.69 Å². The first kappa shape index (κ1) is 27.5. The van der Waals surface area contributed by atoms with Crippen LogP contribution in [0.5, 0.6) is 0 Å². The minimum Gasteiger partial charge on any atom is -0.353 e. The zero-order valence-corrected chi connectivity index (χ0v) is 23.0. The average Bonchev–Trinajstić information content (AvgIpc) is 3.41. The number of hydrogen-bond acceptors (Lipinski definition) is 7. The lowest BCUT2D eigenvalue weighted by atomic mass is 10.0. The van der Waals surface area contributed by atoms with E-state index >= 15 is 0 Å². The number of para-hydroxylation sites is 1. The number of hydrogen-bond donors (Lipinski definition) is 1. The highest BCUT2D eigenvalue weighted by Gasteiger charge is 2.21. The van der Waals surface area contributed by atoms with Crippen molar-refractivity contribution in [1.82, 2.24) is 25.0 Å². The molecule has 3 aromatic carbocycles. The number of nitrogens with zero attached hydrogens (tertiary/aromatic N) is 5. The number of nitrogens with one attached hydrogen (secondary N) is 1. The van der Waals surface area contributed by atoms with E-state index in [2.05, 4.69) is 44.7 Å². The summed E-state index contributed by atoms with van der Waals surface area (Å²) in [4.78, 5) is 25.7. The molecule has 40 heavy (non-hydrogen) atoms. The monoisotopic (exact) mass is 556 g/mol. The molecule has 206 valence electrons. The molecule has 1 aliphatic heterocycles. The van der Waals surface area contributed by atoms with Crippen molar-refractivity contribution in [2.45, 2.75) is 43.4 Å². The SMILES string of the molecule is O=C(CCCSc1nnc(-c2ccc([N+](=O)[O-])cc2)n1-c1ccccc1)NC1CCN(Cc2ccccc2)CC1. The summed E-state index contributed by atoms with van der Waals surface area (Å²) in [5.41, 5.74) is 2.99. The van der Waals surface area contributed by atoms with Crippen LogP contribution in [0.2, 0.25) is 0 Å². The van der Waals surface area contributed by atoms with Crippen LogP contribution in [0.3, 0.4) is 0 Å². The Morgan fingerprint density at radius 2 is 1.62 bits per heavy atom. The van der Waals surface area contributed by atoms with Gasteiger partial charge in [0.1, 0.15) is 0 Å². The molecule has 5 rings (SSSR count).